The van der Waals surface area contributed by atoms with Gasteiger partial charge in [0.2, 0.25) is 5.78 Å². The molecule has 0 bridgehead atoms. The van der Waals surface area contributed by atoms with Gasteiger partial charge in [0.1, 0.15) is 0 Å². The number of benzene rings is 1. The molecule has 2 unspecified atom stereocenters. The van der Waals surface area contributed by atoms with Crippen LogP contribution >= 0.6 is 0 Å². The van der Waals surface area contributed by atoms with Crippen molar-refractivity contribution in [3.63, 3.8) is 0 Å². The third kappa shape index (κ3) is 2.94. The number of ether oxygens (including phenoxy) is 1. The van der Waals surface area contributed by atoms with Crippen LogP contribution in [0.1, 0.15) is 40.5 Å². The van der Waals surface area contributed by atoms with E-state index in [1.165, 1.54) is 7.11 Å². The second-order valence-electron chi connectivity index (χ2n) is 5.82. The van der Waals surface area contributed by atoms with E-state index in [1.54, 1.807) is 36.6 Å². The number of hydrogen-bond donors (Lipinski definition) is 0. The van der Waals surface area contributed by atoms with Gasteiger partial charge in [0, 0.05) is 39.8 Å². The molecule has 0 radical (unpaired) electrons. The van der Waals surface area contributed by atoms with Gasteiger partial charge in [0.25, 0.3) is 0 Å². The van der Waals surface area contributed by atoms with Crippen LogP contribution in [0.3, 0.4) is 0 Å². The van der Waals surface area contributed by atoms with Crippen LogP contribution in [0.5, 0.6) is 0 Å². The van der Waals surface area contributed by atoms with Gasteiger partial charge in [-0.15, -0.1) is 0 Å². The number of hydrogen-bond acceptors (Lipinski definition) is 4. The van der Waals surface area contributed by atoms with Crippen LogP contribution in [-0.2, 0) is 26.9 Å². The van der Waals surface area contributed by atoms with Gasteiger partial charge >= 0.3 is 5.97 Å². The van der Waals surface area contributed by atoms with Crippen molar-refractivity contribution < 1.29 is 18.5 Å². The Labute approximate surface area is 143 Å². The van der Waals surface area contributed by atoms with Gasteiger partial charge in [-0.1, -0.05) is 0 Å². The first-order valence-corrected chi connectivity index (χ1v) is 9.34. The fourth-order valence-electron chi connectivity index (χ4n) is 3.16. The molecule has 3 rings (SSSR count). The summed E-state index contributed by atoms with van der Waals surface area (Å²) in [4.78, 5) is 25.4. The minimum atomic E-state index is -1.07. The van der Waals surface area contributed by atoms with Gasteiger partial charge in [0.15, 0.2) is 0 Å². The molecule has 2 atom stereocenters. The summed E-state index contributed by atoms with van der Waals surface area (Å²) >= 11 is 0. The lowest BCUT2D eigenvalue weighted by Crippen LogP contribution is -2.24. The smallest absolute Gasteiger partial charge is 0.314 e. The number of carbonyl (C=O) groups excluding carboxylic acids is 2. The zero-order valence-electron chi connectivity index (χ0n) is 13.7. The summed E-state index contributed by atoms with van der Waals surface area (Å²) in [5.41, 5.74) is 1.96. The maximum absolute atomic E-state index is 12.8. The molecule has 2 heterocycles. The molecule has 0 spiro atoms. The van der Waals surface area contributed by atoms with Gasteiger partial charge in [0.05, 0.1) is 18.7 Å². The Morgan fingerprint density at radius 3 is 2.50 bits per heavy atom. The molecule has 6 heteroatoms. The summed E-state index contributed by atoms with van der Waals surface area (Å²) in [7, 11) is 0.316. The predicted octanol–water partition coefficient (Wildman–Crippen LogP) is 2.51. The number of carbonyl (C=O) groups is 2. The Kier molecular flexibility index (Phi) is 4.66. The molecule has 0 saturated carbocycles. The van der Waals surface area contributed by atoms with E-state index in [0.29, 0.717) is 22.7 Å². The molecule has 126 valence electrons. The quantitative estimate of drug-likeness (QED) is 0.631. The molecule has 24 heavy (non-hydrogen) atoms. The van der Waals surface area contributed by atoms with Crippen molar-refractivity contribution in [3.05, 3.63) is 53.3 Å². The minimum absolute atomic E-state index is 0.0970. The van der Waals surface area contributed by atoms with Crippen LogP contribution in [0.2, 0.25) is 0 Å². The number of methoxy groups -OCH3 is 1. The van der Waals surface area contributed by atoms with E-state index in [4.69, 9.17) is 4.74 Å². The fraction of sp³-hybridized carbons (Fsp3) is 0.333. The summed E-state index contributed by atoms with van der Waals surface area (Å²) in [5.74, 6) is -0.668. The Morgan fingerprint density at radius 2 is 1.88 bits per heavy atom. The Balaban J connectivity index is 1.93. The molecular formula is C18H19NO4S. The van der Waals surface area contributed by atoms with Gasteiger partial charge in [-0.3, -0.25) is 13.8 Å². The van der Waals surface area contributed by atoms with Crippen LogP contribution in [0.15, 0.2) is 41.3 Å². The molecule has 1 aromatic carbocycles. The predicted molar refractivity (Wildman–Crippen MR) is 90.6 cm³/mol. The minimum Gasteiger partial charge on any atom is -0.469 e. The molecule has 0 saturated heterocycles. The van der Waals surface area contributed by atoms with Gasteiger partial charge < -0.3 is 9.30 Å². The highest BCUT2D eigenvalue weighted by molar-refractivity contribution is 7.84. The number of aromatic nitrogens is 1. The van der Waals surface area contributed by atoms with Gasteiger partial charge in [-0.05, 0) is 49.2 Å². The van der Waals surface area contributed by atoms with Crippen molar-refractivity contribution in [2.24, 2.45) is 0 Å². The summed E-state index contributed by atoms with van der Waals surface area (Å²) in [6.07, 6.45) is 3.17. The van der Waals surface area contributed by atoms with Crippen molar-refractivity contribution in [1.29, 1.82) is 0 Å². The summed E-state index contributed by atoms with van der Waals surface area (Å²) in [6.45, 7) is 0.716. The molecule has 1 aliphatic heterocycles. The normalized spacial score (nSPS) is 17.8. The van der Waals surface area contributed by atoms with Crippen LogP contribution in [-0.4, -0.2) is 33.9 Å². The van der Waals surface area contributed by atoms with Crippen molar-refractivity contribution in [1.82, 2.24) is 4.57 Å². The average molecular weight is 345 g/mol. The lowest BCUT2D eigenvalue weighted by atomic mass is 9.96. The number of fused-ring (bicyclic) bond motifs is 1. The fourth-order valence-corrected chi connectivity index (χ4v) is 3.68. The van der Waals surface area contributed by atoms with Crippen LogP contribution in [0, 0.1) is 0 Å². The molecule has 0 aliphatic carbocycles. The molecule has 1 aromatic heterocycles. The molecule has 5 nitrogen and oxygen atoms in total. The van der Waals surface area contributed by atoms with Crippen molar-refractivity contribution in [2.45, 2.75) is 30.2 Å². The van der Waals surface area contributed by atoms with Crippen molar-refractivity contribution >= 4 is 22.6 Å². The van der Waals surface area contributed by atoms with E-state index in [1.807, 2.05) is 10.6 Å². The van der Waals surface area contributed by atoms with E-state index in [2.05, 4.69) is 0 Å². The highest BCUT2D eigenvalue weighted by Crippen LogP contribution is 2.31. The number of nitrogens with zero attached hydrogens (tertiary/aromatic N) is 1. The Bertz CT molecular complexity index is 807. The maximum Gasteiger partial charge on any atom is 0.314 e. The average Bonchev–Trinajstić information content (AvgIpc) is 3.04. The first-order chi connectivity index (χ1) is 11.5. The van der Waals surface area contributed by atoms with Crippen LogP contribution < -0.4 is 0 Å². The first kappa shape index (κ1) is 16.6. The largest absolute Gasteiger partial charge is 0.469 e. The highest BCUT2D eigenvalue weighted by Gasteiger charge is 2.30. The zero-order chi connectivity index (χ0) is 17.3. The maximum atomic E-state index is 12.8. The van der Waals surface area contributed by atoms with E-state index < -0.39 is 10.8 Å². The number of esters is 1. The highest BCUT2D eigenvalue weighted by atomic mass is 32.2. The van der Waals surface area contributed by atoms with E-state index in [9.17, 15) is 13.8 Å². The van der Waals surface area contributed by atoms with Crippen LogP contribution in [0.25, 0.3) is 0 Å². The molecular weight excluding hydrogens is 326 g/mol. The molecule has 0 N–H and O–H groups in total. The Morgan fingerprint density at radius 1 is 1.17 bits per heavy atom. The van der Waals surface area contributed by atoms with E-state index in [-0.39, 0.29) is 17.7 Å². The second-order valence-corrected chi connectivity index (χ2v) is 7.20. The Hall–Kier alpha value is -2.21. The summed E-state index contributed by atoms with van der Waals surface area (Å²) in [6, 6.07) is 10.4. The second kappa shape index (κ2) is 6.73. The van der Waals surface area contributed by atoms with E-state index in [0.717, 1.165) is 18.5 Å². The lowest BCUT2D eigenvalue weighted by Gasteiger charge is -2.24. The number of ketones is 1. The summed E-state index contributed by atoms with van der Waals surface area (Å²) in [5, 5.41) is 0. The molecule has 2 aromatic rings. The molecule has 0 fully saturated rings. The van der Waals surface area contributed by atoms with Crippen molar-refractivity contribution in [2.75, 3.05) is 13.4 Å². The monoisotopic (exact) mass is 345 g/mol. The summed E-state index contributed by atoms with van der Waals surface area (Å²) < 4.78 is 18.2. The topological polar surface area (TPSA) is 65.4 Å². The van der Waals surface area contributed by atoms with Gasteiger partial charge in [-0.2, -0.15) is 0 Å². The molecule has 0 amide bonds. The first-order valence-electron chi connectivity index (χ1n) is 7.78. The number of rotatable bonds is 4. The third-order valence-electron chi connectivity index (χ3n) is 4.41. The lowest BCUT2D eigenvalue weighted by molar-refractivity contribution is -0.143. The third-order valence-corrected chi connectivity index (χ3v) is 5.35. The van der Waals surface area contributed by atoms with Crippen LogP contribution in [0.4, 0.5) is 0 Å². The molecule has 1 aliphatic rings. The SMILES string of the molecule is COC(=O)C1CCCn2c(C(=O)c3ccc(S(C)=O)cc3)ccc21. The van der Waals surface area contributed by atoms with E-state index >= 15 is 0 Å². The zero-order valence-corrected chi connectivity index (χ0v) is 14.5. The van der Waals surface area contributed by atoms with Gasteiger partial charge in [-0.25, -0.2) is 0 Å². The standard InChI is InChI=1S/C18H19NO4S/c1-23-18(21)14-4-3-11-19-15(14)9-10-16(19)17(20)12-5-7-13(8-6-12)24(2)22/h5-10,14H,3-4,11H2,1-2H3. The van der Waals surface area contributed by atoms with Crippen molar-refractivity contribution in [3.8, 4) is 0 Å².